The van der Waals surface area contributed by atoms with Gasteiger partial charge in [0.2, 0.25) is 0 Å². The van der Waals surface area contributed by atoms with Crippen LogP contribution in [0.4, 0.5) is 5.82 Å². The van der Waals surface area contributed by atoms with Crippen LogP contribution in [0.5, 0.6) is 0 Å². The van der Waals surface area contributed by atoms with Crippen molar-refractivity contribution in [2.75, 3.05) is 24.5 Å². The summed E-state index contributed by atoms with van der Waals surface area (Å²) >= 11 is 1.51. The standard InChI is InChI=1S/C18H26N4OS/c1-5-21(6-2)16-14-13(4)15(24-17(14)20-11-19-16)18(23)22-10-8-7-9-12(22)3/h11-12H,5-10H2,1-4H3. The van der Waals surface area contributed by atoms with Crippen LogP contribution < -0.4 is 4.90 Å². The summed E-state index contributed by atoms with van der Waals surface area (Å²) < 4.78 is 0. The lowest BCUT2D eigenvalue weighted by atomic mass is 10.0. The number of fused-ring (bicyclic) bond motifs is 1. The molecule has 2 aromatic rings. The van der Waals surface area contributed by atoms with E-state index in [4.69, 9.17) is 0 Å². The first-order chi connectivity index (χ1) is 11.6. The molecule has 1 atom stereocenters. The molecule has 0 spiro atoms. The number of hydrogen-bond acceptors (Lipinski definition) is 5. The van der Waals surface area contributed by atoms with E-state index in [0.717, 1.165) is 59.0 Å². The molecule has 6 heteroatoms. The molecule has 0 saturated carbocycles. The summed E-state index contributed by atoms with van der Waals surface area (Å²) in [5.74, 6) is 1.11. The van der Waals surface area contributed by atoms with Crippen LogP contribution in [-0.2, 0) is 0 Å². The zero-order chi connectivity index (χ0) is 17.3. The first-order valence-electron chi connectivity index (χ1n) is 8.88. The van der Waals surface area contributed by atoms with Gasteiger partial charge in [-0.1, -0.05) is 0 Å². The van der Waals surface area contributed by atoms with Gasteiger partial charge in [-0.3, -0.25) is 4.79 Å². The van der Waals surface area contributed by atoms with Gasteiger partial charge in [-0.25, -0.2) is 9.97 Å². The number of aryl methyl sites for hydroxylation is 1. The lowest BCUT2D eigenvalue weighted by Crippen LogP contribution is -2.41. The van der Waals surface area contributed by atoms with Gasteiger partial charge in [0.05, 0.1) is 10.3 Å². The zero-order valence-electron chi connectivity index (χ0n) is 15.0. The average Bonchev–Trinajstić information content (AvgIpc) is 2.93. The minimum atomic E-state index is 0.160. The van der Waals surface area contributed by atoms with E-state index in [2.05, 4.69) is 35.6 Å². The van der Waals surface area contributed by atoms with E-state index >= 15 is 0 Å². The van der Waals surface area contributed by atoms with Gasteiger partial charge in [0.15, 0.2) is 0 Å². The molecule has 0 N–H and O–H groups in total. The average molecular weight is 347 g/mol. The summed E-state index contributed by atoms with van der Waals surface area (Å²) in [7, 11) is 0. The zero-order valence-corrected chi connectivity index (χ0v) is 15.8. The van der Waals surface area contributed by atoms with Crippen molar-refractivity contribution in [1.29, 1.82) is 0 Å². The number of amides is 1. The Bertz CT molecular complexity index is 738. The van der Waals surface area contributed by atoms with Crippen molar-refractivity contribution in [1.82, 2.24) is 14.9 Å². The van der Waals surface area contributed by atoms with Gasteiger partial charge in [-0.2, -0.15) is 0 Å². The lowest BCUT2D eigenvalue weighted by molar-refractivity contribution is 0.0640. The fraction of sp³-hybridized carbons (Fsp3) is 0.611. The van der Waals surface area contributed by atoms with Gasteiger partial charge < -0.3 is 9.80 Å². The van der Waals surface area contributed by atoms with Crippen LogP contribution in [0.1, 0.15) is 55.3 Å². The fourth-order valence-electron chi connectivity index (χ4n) is 3.55. The minimum Gasteiger partial charge on any atom is -0.357 e. The Morgan fingerprint density at radius 1 is 1.33 bits per heavy atom. The van der Waals surface area contributed by atoms with E-state index in [0.29, 0.717) is 6.04 Å². The molecular weight excluding hydrogens is 320 g/mol. The van der Waals surface area contributed by atoms with Gasteiger partial charge in [0.1, 0.15) is 17.0 Å². The van der Waals surface area contributed by atoms with Crippen molar-refractivity contribution in [3.05, 3.63) is 16.8 Å². The number of hydrogen-bond donors (Lipinski definition) is 0. The molecule has 1 unspecified atom stereocenters. The maximum absolute atomic E-state index is 13.1. The van der Waals surface area contributed by atoms with Crippen LogP contribution in [-0.4, -0.2) is 46.5 Å². The molecule has 1 aliphatic heterocycles. The highest BCUT2D eigenvalue weighted by molar-refractivity contribution is 7.20. The predicted molar refractivity (Wildman–Crippen MR) is 100 cm³/mol. The molecule has 130 valence electrons. The molecule has 0 radical (unpaired) electrons. The Balaban J connectivity index is 2.05. The summed E-state index contributed by atoms with van der Waals surface area (Å²) in [5, 5.41) is 1.04. The van der Waals surface area contributed by atoms with Crippen LogP contribution >= 0.6 is 11.3 Å². The van der Waals surface area contributed by atoms with E-state index in [1.165, 1.54) is 17.8 Å². The predicted octanol–water partition coefficient (Wildman–Crippen LogP) is 3.86. The molecule has 1 saturated heterocycles. The molecule has 0 aliphatic carbocycles. The number of likely N-dealkylation sites (tertiary alicyclic amines) is 1. The molecule has 3 rings (SSSR count). The highest BCUT2D eigenvalue weighted by atomic mass is 32.1. The highest BCUT2D eigenvalue weighted by Gasteiger charge is 2.28. The van der Waals surface area contributed by atoms with E-state index in [-0.39, 0.29) is 5.91 Å². The third kappa shape index (κ3) is 2.88. The Morgan fingerprint density at radius 3 is 2.75 bits per heavy atom. The van der Waals surface area contributed by atoms with Crippen LogP contribution in [0.15, 0.2) is 6.33 Å². The fourth-order valence-corrected chi connectivity index (χ4v) is 4.65. The first-order valence-corrected chi connectivity index (χ1v) is 9.70. The Labute approximate surface area is 147 Å². The van der Waals surface area contributed by atoms with Crippen LogP contribution in [0.3, 0.4) is 0 Å². The Kier molecular flexibility index (Phi) is 5.04. The number of anilines is 1. The molecular formula is C18H26N4OS. The Hall–Kier alpha value is -1.69. The van der Waals surface area contributed by atoms with Gasteiger partial charge in [-0.15, -0.1) is 11.3 Å². The smallest absolute Gasteiger partial charge is 0.264 e. The number of thiophene rings is 1. The molecule has 1 amide bonds. The second kappa shape index (κ2) is 7.05. The van der Waals surface area contributed by atoms with E-state index in [1.54, 1.807) is 6.33 Å². The van der Waals surface area contributed by atoms with E-state index in [1.807, 2.05) is 11.8 Å². The van der Waals surface area contributed by atoms with Gasteiger partial charge >= 0.3 is 0 Å². The minimum absolute atomic E-state index is 0.160. The summed E-state index contributed by atoms with van der Waals surface area (Å²) in [4.78, 5) is 28.0. The second-order valence-electron chi connectivity index (χ2n) is 6.45. The second-order valence-corrected chi connectivity index (χ2v) is 7.45. The SMILES string of the molecule is CCN(CC)c1ncnc2sc(C(=O)N3CCCCC3C)c(C)c12. The molecule has 24 heavy (non-hydrogen) atoms. The van der Waals surface area contributed by atoms with Crippen molar-refractivity contribution >= 4 is 33.3 Å². The molecule has 1 aliphatic rings. The van der Waals surface area contributed by atoms with Crippen molar-refractivity contribution < 1.29 is 4.79 Å². The quantitative estimate of drug-likeness (QED) is 0.843. The molecule has 2 aromatic heterocycles. The third-order valence-electron chi connectivity index (χ3n) is 5.03. The largest absolute Gasteiger partial charge is 0.357 e. The monoisotopic (exact) mass is 346 g/mol. The van der Waals surface area contributed by atoms with E-state index in [9.17, 15) is 4.79 Å². The maximum Gasteiger partial charge on any atom is 0.264 e. The summed E-state index contributed by atoms with van der Waals surface area (Å²) in [6.07, 6.45) is 5.03. The summed E-state index contributed by atoms with van der Waals surface area (Å²) in [5.41, 5.74) is 1.03. The normalized spacial score (nSPS) is 18.2. The molecule has 0 bridgehead atoms. The van der Waals surface area contributed by atoms with Crippen LogP contribution in [0.2, 0.25) is 0 Å². The molecule has 3 heterocycles. The summed E-state index contributed by atoms with van der Waals surface area (Å²) in [6.45, 7) is 11.1. The number of rotatable bonds is 4. The Morgan fingerprint density at radius 2 is 2.08 bits per heavy atom. The topological polar surface area (TPSA) is 49.3 Å². The van der Waals surface area contributed by atoms with Crippen LogP contribution in [0, 0.1) is 6.92 Å². The van der Waals surface area contributed by atoms with Gasteiger partial charge in [0, 0.05) is 25.7 Å². The number of piperidine rings is 1. The molecule has 1 fully saturated rings. The first kappa shape index (κ1) is 17.1. The highest BCUT2D eigenvalue weighted by Crippen LogP contribution is 2.36. The van der Waals surface area contributed by atoms with Crippen molar-refractivity contribution in [3.63, 3.8) is 0 Å². The molecule has 0 aromatic carbocycles. The summed E-state index contributed by atoms with van der Waals surface area (Å²) in [6, 6.07) is 0.323. The number of nitrogens with zero attached hydrogens (tertiary/aromatic N) is 4. The van der Waals surface area contributed by atoms with E-state index < -0.39 is 0 Å². The van der Waals surface area contributed by atoms with Gasteiger partial charge in [0.25, 0.3) is 5.91 Å². The molecule has 5 nitrogen and oxygen atoms in total. The number of carbonyl (C=O) groups is 1. The number of aromatic nitrogens is 2. The third-order valence-corrected chi connectivity index (χ3v) is 6.22. The number of carbonyl (C=O) groups excluding carboxylic acids is 1. The van der Waals surface area contributed by atoms with Crippen molar-refractivity contribution in [3.8, 4) is 0 Å². The van der Waals surface area contributed by atoms with Gasteiger partial charge in [-0.05, 0) is 52.5 Å². The van der Waals surface area contributed by atoms with Crippen molar-refractivity contribution in [2.24, 2.45) is 0 Å². The lowest BCUT2D eigenvalue weighted by Gasteiger charge is -2.33. The maximum atomic E-state index is 13.1. The van der Waals surface area contributed by atoms with Crippen LogP contribution in [0.25, 0.3) is 10.2 Å². The van der Waals surface area contributed by atoms with Crippen molar-refractivity contribution in [2.45, 2.75) is 53.0 Å².